The third-order valence-corrected chi connectivity index (χ3v) is 14.3. The van der Waals surface area contributed by atoms with Gasteiger partial charge in [0.1, 0.15) is 42.5 Å². The average molecular weight is 1380 g/mol. The van der Waals surface area contributed by atoms with Crippen LogP contribution in [0.3, 0.4) is 0 Å². The Morgan fingerprint density at radius 3 is 1.34 bits per heavy atom. The Labute approximate surface area is 549 Å². The second-order valence-electron chi connectivity index (χ2n) is 20.6. The van der Waals surface area contributed by atoms with Crippen molar-refractivity contribution in [3.63, 3.8) is 0 Å². The third kappa shape index (κ3) is 18.0. The first-order chi connectivity index (χ1) is 44.2. The molecule has 3 aliphatic rings. The molecule has 0 fully saturated rings. The van der Waals surface area contributed by atoms with Gasteiger partial charge in [-0.25, -0.2) is 13.2 Å². The van der Waals surface area contributed by atoms with E-state index in [4.69, 9.17) is 20.1 Å². The van der Waals surface area contributed by atoms with Gasteiger partial charge in [-0.15, -0.1) is 10.1 Å². The molecule has 0 bridgehead atoms. The van der Waals surface area contributed by atoms with Crippen LogP contribution in [0.5, 0.6) is 0 Å². The molecule has 0 spiro atoms. The number of pyridine rings is 3. The number of nitrogens with zero attached hydrogens (tertiary/aromatic N) is 4. The van der Waals surface area contributed by atoms with Crippen molar-refractivity contribution in [1.29, 1.82) is 0 Å². The Morgan fingerprint density at radius 2 is 0.904 bits per heavy atom. The number of hydroxylamine groups is 6. The van der Waals surface area contributed by atoms with Gasteiger partial charge in [-0.3, -0.25) is 72.6 Å². The molecule has 0 saturated heterocycles. The quantitative estimate of drug-likeness (QED) is 0.0168. The van der Waals surface area contributed by atoms with Gasteiger partial charge in [0.2, 0.25) is 11.1 Å². The number of aryl methyl sites for hydroxylation is 3. The Hall–Kier alpha value is -10.3. The fraction of sp³-hybridized carbons (Fsp3) is 0.191. The summed E-state index contributed by atoms with van der Waals surface area (Å²) in [6.07, 6.45) is 0.391. The van der Waals surface area contributed by atoms with E-state index in [1.165, 1.54) is 60.7 Å². The van der Waals surface area contributed by atoms with E-state index < -0.39 is 93.5 Å². The van der Waals surface area contributed by atoms with Crippen molar-refractivity contribution in [2.45, 2.75) is 77.0 Å². The summed E-state index contributed by atoms with van der Waals surface area (Å²) < 4.78 is 43.2. The summed E-state index contributed by atoms with van der Waals surface area (Å²) in [6.45, 7) is 3.92. The van der Waals surface area contributed by atoms with E-state index in [9.17, 15) is 71.1 Å². The number of esters is 1. The summed E-state index contributed by atoms with van der Waals surface area (Å²) >= 11 is 0. The van der Waals surface area contributed by atoms with Crippen LogP contribution >= 0.6 is 0 Å². The van der Waals surface area contributed by atoms with E-state index in [0.29, 0.717) is 27.9 Å². The number of hydrogen-bond acceptors (Lipinski definition) is 17. The maximum Gasteiger partial charge on any atom is 0.324 e. The smallest absolute Gasteiger partial charge is 0.324 e. The van der Waals surface area contributed by atoms with Crippen LogP contribution in [0.4, 0.5) is 13.2 Å². The van der Waals surface area contributed by atoms with Crippen LogP contribution in [0.15, 0.2) is 179 Å². The van der Waals surface area contributed by atoms with Gasteiger partial charge in [-0.05, 0) is 115 Å². The van der Waals surface area contributed by atoms with Crippen molar-refractivity contribution >= 4 is 53.0 Å². The number of aromatic amines is 2. The fourth-order valence-corrected chi connectivity index (χ4v) is 9.59. The first-order valence-electron chi connectivity index (χ1n) is 28.4. The third-order valence-electron chi connectivity index (χ3n) is 14.3. The molecule has 3 unspecified atom stereocenters. The molecule has 0 radical (unpaired) electrons. The molecule has 490 valence electrons. The molecule has 5 N–H and O–H groups in total. The number of aromatic nitrogens is 3. The number of halogens is 3. The number of Topliss-reactive ketones (excluding diaryl/α,β-unsaturated/α-hetero) is 2. The molecular weight excluding hydrogens is 1320 g/mol. The Kier molecular flexibility index (Phi) is 26.2. The zero-order valence-electron chi connectivity index (χ0n) is 50.5. The minimum Gasteiger partial charge on any atom is -0.465 e. The van der Waals surface area contributed by atoms with E-state index in [1.54, 1.807) is 80.6 Å². The molecule has 11 rings (SSSR count). The van der Waals surface area contributed by atoms with Crippen LogP contribution in [0.1, 0.15) is 119 Å². The van der Waals surface area contributed by atoms with E-state index in [2.05, 4.69) is 15.0 Å². The van der Waals surface area contributed by atoms with Gasteiger partial charge in [0, 0.05) is 57.6 Å². The largest absolute Gasteiger partial charge is 0.465 e. The number of ether oxygens (including phenoxy) is 1. The van der Waals surface area contributed by atoms with Crippen LogP contribution in [-0.2, 0) is 96.2 Å². The van der Waals surface area contributed by atoms with Crippen molar-refractivity contribution in [2.24, 2.45) is 5.73 Å². The van der Waals surface area contributed by atoms with Crippen LogP contribution in [0.2, 0.25) is 0 Å². The summed E-state index contributed by atoms with van der Waals surface area (Å²) in [6, 6.07) is 43.3. The number of amides is 6. The van der Waals surface area contributed by atoms with Crippen LogP contribution in [-0.4, -0.2) is 94.9 Å². The number of ketones is 2. The van der Waals surface area contributed by atoms with Gasteiger partial charge in [0.15, 0.2) is 17.5 Å². The van der Waals surface area contributed by atoms with Crippen molar-refractivity contribution in [3.05, 3.63) is 283 Å². The summed E-state index contributed by atoms with van der Waals surface area (Å²) in [4.78, 5) is 157. The minimum atomic E-state index is -1.47. The number of H-pyrrole nitrogens is 2. The molecule has 3 atom stereocenters. The van der Waals surface area contributed by atoms with E-state index in [1.807, 2.05) is 24.3 Å². The molecule has 94 heavy (non-hydrogen) atoms. The van der Waals surface area contributed by atoms with Crippen molar-refractivity contribution in [2.75, 3.05) is 6.61 Å². The Balaban J connectivity index is 0.000000208. The van der Waals surface area contributed by atoms with Gasteiger partial charge in [-0.1, -0.05) is 97.1 Å². The van der Waals surface area contributed by atoms with Gasteiger partial charge in [0.05, 0.1) is 40.4 Å². The molecule has 0 saturated carbocycles. The molecule has 6 amide bonds. The van der Waals surface area contributed by atoms with Crippen molar-refractivity contribution in [1.82, 2.24) is 30.1 Å². The number of benzene rings is 5. The normalized spacial score (nSPS) is 15.2. The van der Waals surface area contributed by atoms with Crippen molar-refractivity contribution in [3.8, 4) is 0 Å². The number of nitrogens with one attached hydrogen (secondary N) is 2. The maximum atomic E-state index is 13.1. The molecular formula is C68H61F3N7O15Pd-. The Morgan fingerprint density at radius 1 is 0.511 bits per heavy atom. The summed E-state index contributed by atoms with van der Waals surface area (Å²) in [5.74, 6) is -12.1. The molecule has 0 aliphatic carbocycles. The topological polar surface area (TPSA) is 316 Å². The second-order valence-corrected chi connectivity index (χ2v) is 20.6. The molecule has 3 aromatic heterocycles. The number of imide groups is 3. The van der Waals surface area contributed by atoms with Crippen LogP contribution < -0.4 is 16.9 Å². The maximum absolute atomic E-state index is 13.1. The standard InChI is InChI=1S/C24H19FN2O5.C19H18N2O5.C17H13FN2O5.C7H8FN.CH3.Pd/c25-17-9-6-15(7-10-17)8-12-19(28)21-22-18(11-13-20(29)26-22)23(30)27(24(21)31)32-14-16-4-2-1-3-5-16;1-3-25-19(24)15-16-14(10-9-12(2)20-16)17(22)21(18(15)23)26-11-13-7-5-4-6-8-13;18-10-4-1-9(2-5-10)3-7-12(21)14-15-11(6-8-13(22)19-15)16(23)20(25)17(14)24;8-7-3-1-6(5-9)2-4-7;;/h1-7,9-11,13,21H,8,12,14H2,(H,26,29);4-10,15H,3,11H2,1-2H3;1-2,4-6,8,14,25H,3,7H2,(H,19,22);1-4H,5,9H2;1H3;/q;;;;-1;. The van der Waals surface area contributed by atoms with Gasteiger partial charge >= 0.3 is 5.97 Å². The van der Waals surface area contributed by atoms with Crippen molar-refractivity contribution < 1.29 is 96.4 Å². The second kappa shape index (κ2) is 33.8. The summed E-state index contributed by atoms with van der Waals surface area (Å²) in [5, 5.41) is 10.8. The number of rotatable bonds is 17. The van der Waals surface area contributed by atoms with E-state index in [-0.39, 0.29) is 118 Å². The molecule has 5 aromatic carbocycles. The van der Waals surface area contributed by atoms with Gasteiger partial charge in [-0.2, -0.15) is 5.06 Å². The first kappa shape index (κ1) is 72.7. The summed E-state index contributed by atoms with van der Waals surface area (Å²) in [5.41, 5.74) is 8.70. The minimum absolute atomic E-state index is 0. The number of carbonyl (C=O) groups is 9. The number of fused-ring (bicyclic) bond motifs is 3. The average Bonchev–Trinajstić information content (AvgIpc) is 0.780. The first-order valence-corrected chi connectivity index (χ1v) is 28.4. The Bertz CT molecular complexity index is 4180. The van der Waals surface area contributed by atoms with E-state index >= 15 is 0 Å². The molecule has 22 nitrogen and oxygen atoms in total. The predicted molar refractivity (Wildman–Crippen MR) is 326 cm³/mol. The zero-order valence-corrected chi connectivity index (χ0v) is 52.1. The fourth-order valence-electron chi connectivity index (χ4n) is 9.59. The predicted octanol–water partition coefficient (Wildman–Crippen LogP) is 7.97. The van der Waals surface area contributed by atoms with Crippen LogP contribution in [0, 0.1) is 31.8 Å². The summed E-state index contributed by atoms with van der Waals surface area (Å²) in [7, 11) is 0. The van der Waals surface area contributed by atoms with Gasteiger partial charge in [0.25, 0.3) is 35.4 Å². The molecule has 26 heteroatoms. The molecule has 3 aliphatic heterocycles. The van der Waals surface area contributed by atoms with E-state index in [0.717, 1.165) is 40.5 Å². The molecule has 8 aromatic rings. The molecule has 6 heterocycles. The zero-order chi connectivity index (χ0) is 66.2. The SMILES string of the molecule is CCOC(=O)C1C(=O)N(OCc2ccccc2)C(=O)c2ccc(C)nc21.NCc1ccc(F)cc1.O=C(CCc1ccc(F)cc1)C1C(=O)N(O)C(=O)c2ccc(=O)[nH]c21.O=C(CCc1ccc(F)cc1)C1C(=O)N(OCc2ccccc2)C(=O)c2ccc(=O)[nH]c21.[CH3-].[Pd]. The number of hydrogen-bond donors (Lipinski definition) is 4. The van der Waals surface area contributed by atoms with Crippen LogP contribution in [0.25, 0.3) is 0 Å². The van der Waals surface area contributed by atoms with Gasteiger partial charge < -0.3 is 27.9 Å². The number of carbonyl (C=O) groups excluding carboxylic acids is 9. The monoisotopic (exact) mass is 1380 g/mol. The number of nitrogens with two attached hydrogens (primary N) is 1.